The van der Waals surface area contributed by atoms with Gasteiger partial charge in [-0.25, -0.2) is 0 Å². The van der Waals surface area contributed by atoms with E-state index in [1.54, 1.807) is 0 Å². The average Bonchev–Trinajstić information content (AvgIpc) is 2.39. The molecule has 0 bridgehead atoms. The Balaban J connectivity index is 2.06. The first-order valence-electron chi connectivity index (χ1n) is 6.95. The van der Waals surface area contributed by atoms with Crippen LogP contribution in [0.5, 0.6) is 0 Å². The van der Waals surface area contributed by atoms with E-state index in [0.29, 0.717) is 12.0 Å². The van der Waals surface area contributed by atoms with Crippen LogP contribution in [0.4, 0.5) is 5.69 Å². The monoisotopic (exact) mass is 247 g/mol. The molecule has 1 aromatic rings. The maximum Gasteiger partial charge on any atom is 0.0553 e. The number of hydrogen-bond acceptors (Lipinski definition) is 3. The summed E-state index contributed by atoms with van der Waals surface area (Å²) in [4.78, 5) is 9.37. The van der Waals surface area contributed by atoms with E-state index >= 15 is 0 Å². The lowest BCUT2D eigenvalue weighted by atomic mass is 10.0. The lowest BCUT2D eigenvalue weighted by Gasteiger charge is -2.37. The van der Waals surface area contributed by atoms with Gasteiger partial charge in [0.1, 0.15) is 0 Å². The summed E-state index contributed by atoms with van der Waals surface area (Å²) in [6.07, 6.45) is 4.61. The second-order valence-corrected chi connectivity index (χ2v) is 5.80. The molecular formula is C15H25N3. The van der Waals surface area contributed by atoms with Crippen LogP contribution in [-0.2, 0) is 0 Å². The van der Waals surface area contributed by atoms with Crippen molar-refractivity contribution in [3.8, 4) is 0 Å². The molecule has 1 atom stereocenters. The van der Waals surface area contributed by atoms with Gasteiger partial charge >= 0.3 is 0 Å². The van der Waals surface area contributed by atoms with Gasteiger partial charge in [0.15, 0.2) is 0 Å². The van der Waals surface area contributed by atoms with Gasteiger partial charge in [-0.3, -0.25) is 4.98 Å². The fourth-order valence-corrected chi connectivity index (χ4v) is 2.54. The Bertz CT molecular complexity index is 370. The molecule has 0 amide bonds. The number of piperidine rings is 1. The van der Waals surface area contributed by atoms with Crippen molar-refractivity contribution >= 4 is 5.69 Å². The quantitative estimate of drug-likeness (QED) is 0.818. The number of pyridine rings is 1. The van der Waals surface area contributed by atoms with E-state index in [-0.39, 0.29) is 0 Å². The molecule has 0 aliphatic carbocycles. The molecule has 1 fully saturated rings. The maximum atomic E-state index is 4.57. The highest BCUT2D eigenvalue weighted by Gasteiger charge is 2.21. The molecule has 1 aliphatic rings. The molecule has 2 rings (SSSR count). The van der Waals surface area contributed by atoms with Gasteiger partial charge in [-0.1, -0.05) is 13.8 Å². The normalized spacial score (nSPS) is 20.8. The molecule has 0 saturated carbocycles. The predicted molar refractivity (Wildman–Crippen MR) is 77.2 cm³/mol. The first kappa shape index (κ1) is 13.3. The van der Waals surface area contributed by atoms with Crippen LogP contribution in [0, 0.1) is 0 Å². The number of aromatic nitrogens is 1. The van der Waals surface area contributed by atoms with Gasteiger partial charge in [0.05, 0.1) is 11.9 Å². The van der Waals surface area contributed by atoms with E-state index in [1.807, 2.05) is 6.20 Å². The highest BCUT2D eigenvalue weighted by molar-refractivity contribution is 5.45. The van der Waals surface area contributed by atoms with Crippen molar-refractivity contribution in [3.05, 3.63) is 24.0 Å². The third-order valence-electron chi connectivity index (χ3n) is 3.85. The number of likely N-dealkylation sites (N-methyl/N-ethyl adjacent to an activating group) is 1. The zero-order valence-electron chi connectivity index (χ0n) is 12.1. The predicted octanol–water partition coefficient (Wildman–Crippen LogP) is 2.74. The van der Waals surface area contributed by atoms with E-state index in [2.05, 4.69) is 54.9 Å². The Morgan fingerprint density at radius 2 is 2.11 bits per heavy atom. The van der Waals surface area contributed by atoms with E-state index < -0.39 is 0 Å². The minimum Gasteiger partial charge on any atom is -0.369 e. The van der Waals surface area contributed by atoms with Crippen LogP contribution < -0.4 is 4.90 Å². The molecule has 18 heavy (non-hydrogen) atoms. The first-order chi connectivity index (χ1) is 8.58. The van der Waals surface area contributed by atoms with Crippen molar-refractivity contribution in [1.82, 2.24) is 9.88 Å². The van der Waals surface area contributed by atoms with Crippen LogP contribution in [0.3, 0.4) is 0 Å². The summed E-state index contributed by atoms with van der Waals surface area (Å²) in [5.74, 6) is 0.509. The number of anilines is 1. The highest BCUT2D eigenvalue weighted by Crippen LogP contribution is 2.22. The summed E-state index contributed by atoms with van der Waals surface area (Å²) in [6.45, 7) is 6.65. The van der Waals surface area contributed by atoms with Gasteiger partial charge in [-0.15, -0.1) is 0 Å². The highest BCUT2D eigenvalue weighted by atomic mass is 15.2. The Kier molecular flexibility index (Phi) is 4.23. The van der Waals surface area contributed by atoms with Crippen LogP contribution in [0.15, 0.2) is 18.3 Å². The van der Waals surface area contributed by atoms with E-state index in [1.165, 1.54) is 24.2 Å². The summed E-state index contributed by atoms with van der Waals surface area (Å²) in [6, 6.07) is 5.06. The van der Waals surface area contributed by atoms with Crippen molar-refractivity contribution in [2.45, 2.75) is 38.6 Å². The van der Waals surface area contributed by atoms with Crippen LogP contribution in [0.25, 0.3) is 0 Å². The summed E-state index contributed by atoms with van der Waals surface area (Å²) in [5, 5.41) is 0. The molecule has 2 heterocycles. The largest absolute Gasteiger partial charge is 0.369 e. The summed E-state index contributed by atoms with van der Waals surface area (Å²) in [5.41, 5.74) is 2.45. The topological polar surface area (TPSA) is 19.4 Å². The molecule has 3 nitrogen and oxygen atoms in total. The Morgan fingerprint density at radius 1 is 1.33 bits per heavy atom. The molecular weight excluding hydrogens is 222 g/mol. The second kappa shape index (κ2) is 5.70. The van der Waals surface area contributed by atoms with Gasteiger partial charge in [0.2, 0.25) is 0 Å². The van der Waals surface area contributed by atoms with Gasteiger partial charge < -0.3 is 9.80 Å². The summed E-state index contributed by atoms with van der Waals surface area (Å²) >= 11 is 0. The minimum absolute atomic E-state index is 0.509. The number of hydrogen-bond donors (Lipinski definition) is 0. The molecule has 1 aromatic heterocycles. The van der Waals surface area contributed by atoms with Gasteiger partial charge in [-0.2, -0.15) is 0 Å². The first-order valence-corrected chi connectivity index (χ1v) is 6.95. The van der Waals surface area contributed by atoms with Crippen LogP contribution >= 0.6 is 0 Å². The van der Waals surface area contributed by atoms with Crippen LogP contribution in [0.1, 0.15) is 38.3 Å². The molecule has 0 radical (unpaired) electrons. The lowest BCUT2D eigenvalue weighted by molar-refractivity contribution is 0.258. The third kappa shape index (κ3) is 3.02. The van der Waals surface area contributed by atoms with Crippen molar-refractivity contribution in [2.75, 3.05) is 32.1 Å². The van der Waals surface area contributed by atoms with Gasteiger partial charge in [0, 0.05) is 24.8 Å². The molecule has 0 aromatic carbocycles. The standard InChI is InChI=1S/C15H25N3/c1-12(2)15-8-7-13(10-16-15)18-9-5-6-14(11-18)17(3)4/h7-8,10,12,14H,5-6,9,11H2,1-4H3/t14-/m1/s1. The number of nitrogens with zero attached hydrogens (tertiary/aromatic N) is 3. The maximum absolute atomic E-state index is 4.57. The van der Waals surface area contributed by atoms with Gasteiger partial charge in [0.25, 0.3) is 0 Å². The SMILES string of the molecule is CC(C)c1ccc(N2CCC[C@@H](N(C)C)C2)cn1. The van der Waals surface area contributed by atoms with Crippen LogP contribution in [0.2, 0.25) is 0 Å². The van der Waals surface area contributed by atoms with Crippen molar-refractivity contribution in [2.24, 2.45) is 0 Å². The second-order valence-electron chi connectivity index (χ2n) is 5.80. The Hall–Kier alpha value is -1.09. The lowest BCUT2D eigenvalue weighted by Crippen LogP contribution is -2.45. The molecule has 1 aliphatic heterocycles. The fraction of sp³-hybridized carbons (Fsp3) is 0.667. The average molecular weight is 247 g/mol. The molecule has 0 unspecified atom stereocenters. The smallest absolute Gasteiger partial charge is 0.0553 e. The van der Waals surface area contributed by atoms with Crippen molar-refractivity contribution in [1.29, 1.82) is 0 Å². The molecule has 0 spiro atoms. The molecule has 0 N–H and O–H groups in total. The van der Waals surface area contributed by atoms with E-state index in [0.717, 1.165) is 13.1 Å². The van der Waals surface area contributed by atoms with Crippen molar-refractivity contribution < 1.29 is 0 Å². The zero-order chi connectivity index (χ0) is 13.1. The summed E-state index contributed by atoms with van der Waals surface area (Å²) in [7, 11) is 4.35. The third-order valence-corrected chi connectivity index (χ3v) is 3.85. The molecule has 1 saturated heterocycles. The van der Waals surface area contributed by atoms with E-state index in [9.17, 15) is 0 Å². The Labute approximate surface area is 111 Å². The van der Waals surface area contributed by atoms with E-state index in [4.69, 9.17) is 0 Å². The van der Waals surface area contributed by atoms with Crippen LogP contribution in [-0.4, -0.2) is 43.1 Å². The molecule has 3 heteroatoms. The zero-order valence-corrected chi connectivity index (χ0v) is 12.1. The summed E-state index contributed by atoms with van der Waals surface area (Å²) < 4.78 is 0. The Morgan fingerprint density at radius 3 is 2.67 bits per heavy atom. The fourth-order valence-electron chi connectivity index (χ4n) is 2.54. The molecule has 100 valence electrons. The minimum atomic E-state index is 0.509. The number of rotatable bonds is 3. The van der Waals surface area contributed by atoms with Crippen molar-refractivity contribution in [3.63, 3.8) is 0 Å². The van der Waals surface area contributed by atoms with Gasteiger partial charge in [-0.05, 0) is 45.0 Å².